The lowest BCUT2D eigenvalue weighted by atomic mass is 10.2. The first-order valence-corrected chi connectivity index (χ1v) is 9.00. The van der Waals surface area contributed by atoms with E-state index in [0.717, 1.165) is 11.1 Å². The van der Waals surface area contributed by atoms with Crippen LogP contribution in [0, 0.1) is 6.92 Å². The molecule has 2 heterocycles. The molecule has 0 aliphatic heterocycles. The molecule has 0 aliphatic carbocycles. The Kier molecular flexibility index (Phi) is 5.86. The minimum absolute atomic E-state index is 0.185. The number of rotatable bonds is 6. The van der Waals surface area contributed by atoms with Crippen LogP contribution in [0.4, 0.5) is 5.82 Å². The van der Waals surface area contributed by atoms with E-state index in [1.165, 1.54) is 0 Å². The molecular weight excluding hydrogens is 397 g/mol. The Morgan fingerprint density at radius 2 is 1.96 bits per heavy atom. The third kappa shape index (κ3) is 4.78. The van der Waals surface area contributed by atoms with E-state index in [1.807, 2.05) is 19.2 Å². The molecule has 0 spiro atoms. The van der Waals surface area contributed by atoms with Crippen molar-refractivity contribution in [2.75, 3.05) is 5.32 Å². The van der Waals surface area contributed by atoms with Gasteiger partial charge in [-0.2, -0.15) is 10.2 Å². The summed E-state index contributed by atoms with van der Waals surface area (Å²) >= 11 is 18.2. The first kappa shape index (κ1) is 18.8. The van der Waals surface area contributed by atoms with Crippen molar-refractivity contribution in [1.29, 1.82) is 0 Å². The number of hydrogen-bond donors (Lipinski definition) is 1. The molecule has 0 unspecified atom stereocenters. The molecule has 26 heavy (non-hydrogen) atoms. The normalized spacial score (nSPS) is 10.9. The topological polar surface area (TPSA) is 64.7 Å². The van der Waals surface area contributed by atoms with Crippen molar-refractivity contribution in [2.24, 2.45) is 0 Å². The monoisotopic (exact) mass is 411 g/mol. The average molecular weight is 413 g/mol. The molecule has 0 aliphatic rings. The maximum Gasteiger partial charge on any atom is 0.227 e. The highest BCUT2D eigenvalue weighted by Gasteiger charge is 2.12. The molecule has 0 atom stereocenters. The van der Waals surface area contributed by atoms with Crippen LogP contribution in [0.5, 0.6) is 0 Å². The van der Waals surface area contributed by atoms with E-state index >= 15 is 0 Å². The molecule has 1 N–H and O–H groups in total. The fraction of sp³-hybridized carbons (Fsp3) is 0.235. The molecule has 136 valence electrons. The van der Waals surface area contributed by atoms with Gasteiger partial charge in [-0.1, -0.05) is 40.9 Å². The highest BCUT2D eigenvalue weighted by Crippen LogP contribution is 2.24. The first-order valence-electron chi connectivity index (χ1n) is 7.86. The molecular formula is C17H16Cl3N5O. The largest absolute Gasteiger partial charge is 0.308 e. The van der Waals surface area contributed by atoms with Gasteiger partial charge < -0.3 is 5.32 Å². The van der Waals surface area contributed by atoms with Gasteiger partial charge in [-0.15, -0.1) is 0 Å². The van der Waals surface area contributed by atoms with Gasteiger partial charge in [0, 0.05) is 35.4 Å². The standard InChI is InChI=1S/C17H16Cl3N5O/c1-11-7-21-24(8-11)5-4-16(26)22-17-15(20)10-25(23-17)9-12-2-3-13(18)6-14(12)19/h2-3,6-8,10H,4-5,9H2,1H3,(H,22,23,26). The van der Waals surface area contributed by atoms with Crippen LogP contribution in [0.25, 0.3) is 0 Å². The molecule has 1 aromatic carbocycles. The van der Waals surface area contributed by atoms with Gasteiger partial charge in [0.15, 0.2) is 5.82 Å². The minimum atomic E-state index is -0.185. The summed E-state index contributed by atoms with van der Waals surface area (Å²) in [5.41, 5.74) is 1.90. The summed E-state index contributed by atoms with van der Waals surface area (Å²) < 4.78 is 3.33. The number of nitrogens with one attached hydrogen (secondary N) is 1. The van der Waals surface area contributed by atoms with Crippen molar-refractivity contribution in [3.63, 3.8) is 0 Å². The number of anilines is 1. The number of amides is 1. The number of halogens is 3. The van der Waals surface area contributed by atoms with E-state index < -0.39 is 0 Å². The lowest BCUT2D eigenvalue weighted by Gasteiger charge is -2.05. The zero-order valence-electron chi connectivity index (χ0n) is 13.9. The summed E-state index contributed by atoms with van der Waals surface area (Å²) in [6.45, 7) is 2.85. The zero-order chi connectivity index (χ0) is 18.7. The van der Waals surface area contributed by atoms with Gasteiger partial charge in [0.25, 0.3) is 0 Å². The first-order chi connectivity index (χ1) is 12.4. The van der Waals surface area contributed by atoms with Gasteiger partial charge in [-0.25, -0.2) is 0 Å². The van der Waals surface area contributed by atoms with Gasteiger partial charge in [0.1, 0.15) is 5.02 Å². The molecule has 0 saturated carbocycles. The Morgan fingerprint density at radius 3 is 2.65 bits per heavy atom. The fourth-order valence-electron chi connectivity index (χ4n) is 2.39. The number of aromatic nitrogens is 4. The molecule has 0 radical (unpaired) electrons. The Hall–Kier alpha value is -2.02. The van der Waals surface area contributed by atoms with E-state index in [1.54, 1.807) is 33.9 Å². The number of carbonyl (C=O) groups excluding carboxylic acids is 1. The SMILES string of the molecule is Cc1cnn(CCC(=O)Nc2nn(Cc3ccc(Cl)cc3Cl)cc2Cl)c1. The Balaban J connectivity index is 1.61. The molecule has 0 saturated heterocycles. The highest BCUT2D eigenvalue weighted by molar-refractivity contribution is 6.35. The van der Waals surface area contributed by atoms with E-state index in [4.69, 9.17) is 34.8 Å². The quantitative estimate of drug-likeness (QED) is 0.651. The molecule has 1 amide bonds. The number of aryl methyl sites for hydroxylation is 2. The van der Waals surface area contributed by atoms with Gasteiger partial charge in [0.2, 0.25) is 5.91 Å². The molecule has 3 rings (SSSR count). The lowest BCUT2D eigenvalue weighted by molar-refractivity contribution is -0.116. The maximum absolute atomic E-state index is 12.1. The van der Waals surface area contributed by atoms with Crippen molar-refractivity contribution in [3.05, 3.63) is 63.0 Å². The second-order valence-electron chi connectivity index (χ2n) is 5.84. The van der Waals surface area contributed by atoms with E-state index in [-0.39, 0.29) is 12.3 Å². The second kappa shape index (κ2) is 8.12. The molecule has 6 nitrogen and oxygen atoms in total. The molecule has 0 bridgehead atoms. The van der Waals surface area contributed by atoms with Crippen LogP contribution in [0.3, 0.4) is 0 Å². The van der Waals surface area contributed by atoms with Crippen molar-refractivity contribution in [2.45, 2.75) is 26.4 Å². The summed E-state index contributed by atoms with van der Waals surface area (Å²) in [6.07, 6.45) is 5.54. The predicted molar refractivity (Wildman–Crippen MR) is 103 cm³/mol. The number of benzene rings is 1. The number of hydrogen-bond acceptors (Lipinski definition) is 3. The zero-order valence-corrected chi connectivity index (χ0v) is 16.2. The van der Waals surface area contributed by atoms with E-state index in [2.05, 4.69) is 15.5 Å². The predicted octanol–water partition coefficient (Wildman–Crippen LogP) is 4.43. The van der Waals surface area contributed by atoms with Crippen molar-refractivity contribution in [3.8, 4) is 0 Å². The second-order valence-corrected chi connectivity index (χ2v) is 7.09. The third-order valence-corrected chi connectivity index (χ3v) is 4.52. The van der Waals surface area contributed by atoms with Gasteiger partial charge in [-0.3, -0.25) is 14.2 Å². The molecule has 2 aromatic heterocycles. The summed E-state index contributed by atoms with van der Waals surface area (Å²) in [7, 11) is 0. The van der Waals surface area contributed by atoms with Crippen LogP contribution in [-0.4, -0.2) is 25.5 Å². The molecule has 3 aromatic rings. The maximum atomic E-state index is 12.1. The Morgan fingerprint density at radius 1 is 1.15 bits per heavy atom. The third-order valence-electron chi connectivity index (χ3n) is 3.65. The summed E-state index contributed by atoms with van der Waals surface area (Å²) in [4.78, 5) is 12.1. The van der Waals surface area contributed by atoms with Gasteiger partial charge >= 0.3 is 0 Å². The van der Waals surface area contributed by atoms with Crippen LogP contribution < -0.4 is 5.32 Å². The van der Waals surface area contributed by atoms with Crippen LogP contribution in [0.15, 0.2) is 36.8 Å². The Labute approximate surface area is 165 Å². The molecule has 0 fully saturated rings. The van der Waals surface area contributed by atoms with Crippen molar-refractivity contribution < 1.29 is 4.79 Å². The molecule has 9 heteroatoms. The van der Waals surface area contributed by atoms with Gasteiger partial charge in [-0.05, 0) is 30.2 Å². The van der Waals surface area contributed by atoms with E-state index in [0.29, 0.717) is 34.0 Å². The highest BCUT2D eigenvalue weighted by atomic mass is 35.5. The minimum Gasteiger partial charge on any atom is -0.308 e. The van der Waals surface area contributed by atoms with Crippen molar-refractivity contribution >= 4 is 46.5 Å². The average Bonchev–Trinajstić information content (AvgIpc) is 3.14. The fourth-order valence-corrected chi connectivity index (χ4v) is 3.05. The lowest BCUT2D eigenvalue weighted by Crippen LogP contribution is -2.15. The van der Waals surface area contributed by atoms with Gasteiger partial charge in [0.05, 0.1) is 12.7 Å². The van der Waals surface area contributed by atoms with Crippen LogP contribution in [0.2, 0.25) is 15.1 Å². The smallest absolute Gasteiger partial charge is 0.227 e. The van der Waals surface area contributed by atoms with Crippen molar-refractivity contribution in [1.82, 2.24) is 19.6 Å². The van der Waals surface area contributed by atoms with Crippen LogP contribution in [-0.2, 0) is 17.9 Å². The summed E-state index contributed by atoms with van der Waals surface area (Å²) in [5.74, 6) is 0.133. The summed E-state index contributed by atoms with van der Waals surface area (Å²) in [5, 5.41) is 12.6. The number of nitrogens with zero attached hydrogens (tertiary/aromatic N) is 4. The summed E-state index contributed by atoms with van der Waals surface area (Å²) in [6, 6.07) is 5.25. The van der Waals surface area contributed by atoms with Crippen LogP contribution >= 0.6 is 34.8 Å². The van der Waals surface area contributed by atoms with Crippen LogP contribution in [0.1, 0.15) is 17.5 Å². The number of carbonyl (C=O) groups is 1. The Bertz CT molecular complexity index is 934. The van der Waals surface area contributed by atoms with E-state index in [9.17, 15) is 4.79 Å².